The van der Waals surface area contributed by atoms with Gasteiger partial charge in [-0.05, 0) is 57.1 Å². The van der Waals surface area contributed by atoms with Gasteiger partial charge in [0, 0.05) is 18.8 Å². The van der Waals surface area contributed by atoms with Gasteiger partial charge in [-0.2, -0.15) is 0 Å². The standard InChI is InChI=1S/C25H34O4/c1-6-28-25(29-7-2,23(27)20-13-9-8-10-14-20)18-21(26)15-16-22-19(3)12-11-17-24(22,4)5/h8-10,13-16H,6-7,11-12,17-18H2,1-5H3/b16-15+. The summed E-state index contributed by atoms with van der Waals surface area (Å²) in [4.78, 5) is 26.1. The first kappa shape index (κ1) is 23.2. The zero-order valence-electron chi connectivity index (χ0n) is 18.4. The largest absolute Gasteiger partial charge is 0.343 e. The maximum atomic E-state index is 13.2. The van der Waals surface area contributed by atoms with E-state index in [0.29, 0.717) is 5.56 Å². The van der Waals surface area contributed by atoms with Crippen molar-refractivity contribution in [1.82, 2.24) is 0 Å². The van der Waals surface area contributed by atoms with E-state index in [0.717, 1.165) is 12.8 Å². The van der Waals surface area contributed by atoms with E-state index in [-0.39, 0.29) is 36.6 Å². The van der Waals surface area contributed by atoms with Crippen LogP contribution in [0.1, 0.15) is 70.7 Å². The Bertz CT molecular complexity index is 765. The van der Waals surface area contributed by atoms with Gasteiger partial charge in [0.2, 0.25) is 11.6 Å². The highest BCUT2D eigenvalue weighted by molar-refractivity contribution is 6.05. The van der Waals surface area contributed by atoms with Crippen LogP contribution in [-0.4, -0.2) is 30.6 Å². The molecule has 0 spiro atoms. The number of carbonyl (C=O) groups is 2. The summed E-state index contributed by atoms with van der Waals surface area (Å²) < 4.78 is 11.5. The van der Waals surface area contributed by atoms with Crippen molar-refractivity contribution in [3.8, 4) is 0 Å². The lowest BCUT2D eigenvalue weighted by Crippen LogP contribution is -2.46. The second-order valence-corrected chi connectivity index (χ2v) is 8.22. The molecule has 1 aliphatic rings. The molecule has 1 aromatic rings. The Balaban J connectivity index is 2.28. The topological polar surface area (TPSA) is 52.6 Å². The fraction of sp³-hybridized carbons (Fsp3) is 0.520. The minimum Gasteiger partial charge on any atom is -0.343 e. The molecule has 4 heteroatoms. The van der Waals surface area contributed by atoms with E-state index in [2.05, 4.69) is 20.8 Å². The van der Waals surface area contributed by atoms with Gasteiger partial charge < -0.3 is 9.47 Å². The van der Waals surface area contributed by atoms with Gasteiger partial charge in [-0.1, -0.05) is 55.8 Å². The Morgan fingerprint density at radius 3 is 2.28 bits per heavy atom. The third-order valence-corrected chi connectivity index (χ3v) is 5.52. The second-order valence-electron chi connectivity index (χ2n) is 8.22. The number of ketones is 2. The van der Waals surface area contributed by atoms with Gasteiger partial charge in [-0.3, -0.25) is 9.59 Å². The third-order valence-electron chi connectivity index (χ3n) is 5.52. The van der Waals surface area contributed by atoms with Gasteiger partial charge >= 0.3 is 0 Å². The third kappa shape index (κ3) is 5.74. The van der Waals surface area contributed by atoms with E-state index in [1.807, 2.05) is 12.1 Å². The van der Waals surface area contributed by atoms with Crippen molar-refractivity contribution in [1.29, 1.82) is 0 Å². The molecule has 0 heterocycles. The molecule has 158 valence electrons. The molecule has 0 fully saturated rings. The quantitative estimate of drug-likeness (QED) is 0.289. The normalized spacial score (nSPS) is 17.0. The van der Waals surface area contributed by atoms with Gasteiger partial charge in [0.25, 0.3) is 0 Å². The number of hydrogen-bond donors (Lipinski definition) is 0. The van der Waals surface area contributed by atoms with E-state index in [1.165, 1.54) is 17.6 Å². The molecule has 1 aliphatic carbocycles. The van der Waals surface area contributed by atoms with Gasteiger partial charge in [0.15, 0.2) is 5.78 Å². The van der Waals surface area contributed by atoms with Crippen LogP contribution in [0.3, 0.4) is 0 Å². The molecule has 0 aromatic heterocycles. The number of allylic oxidation sites excluding steroid dienone is 4. The van der Waals surface area contributed by atoms with Crippen LogP contribution in [-0.2, 0) is 14.3 Å². The highest BCUT2D eigenvalue weighted by Gasteiger charge is 2.42. The fourth-order valence-corrected chi connectivity index (χ4v) is 4.11. The number of hydrogen-bond acceptors (Lipinski definition) is 4. The van der Waals surface area contributed by atoms with Crippen molar-refractivity contribution >= 4 is 11.6 Å². The molecule has 1 aromatic carbocycles. The molecule has 0 amide bonds. The van der Waals surface area contributed by atoms with Crippen LogP contribution < -0.4 is 0 Å². The van der Waals surface area contributed by atoms with E-state index in [4.69, 9.17) is 9.47 Å². The summed E-state index contributed by atoms with van der Waals surface area (Å²) in [6.45, 7) is 10.7. The van der Waals surface area contributed by atoms with E-state index < -0.39 is 5.79 Å². The molecule has 0 unspecified atom stereocenters. The second kappa shape index (κ2) is 10.1. The lowest BCUT2D eigenvalue weighted by atomic mass is 9.72. The van der Waals surface area contributed by atoms with Gasteiger partial charge in [0.1, 0.15) is 0 Å². The van der Waals surface area contributed by atoms with Crippen molar-refractivity contribution in [2.24, 2.45) is 5.41 Å². The average molecular weight is 399 g/mol. The number of ether oxygens (including phenoxy) is 2. The summed E-state index contributed by atoms with van der Waals surface area (Å²) in [6.07, 6.45) is 6.70. The summed E-state index contributed by atoms with van der Waals surface area (Å²) >= 11 is 0. The van der Waals surface area contributed by atoms with E-state index in [9.17, 15) is 9.59 Å². The molecule has 4 nitrogen and oxygen atoms in total. The first-order valence-corrected chi connectivity index (χ1v) is 10.5. The predicted molar refractivity (Wildman–Crippen MR) is 116 cm³/mol. The van der Waals surface area contributed by atoms with Crippen LogP contribution >= 0.6 is 0 Å². The first-order chi connectivity index (χ1) is 13.8. The SMILES string of the molecule is CCOC(CC(=O)/C=C/C1=C(C)CCCC1(C)C)(OCC)C(=O)c1ccccc1. The van der Waals surface area contributed by atoms with Crippen molar-refractivity contribution in [2.75, 3.05) is 13.2 Å². The van der Waals surface area contributed by atoms with Gasteiger partial charge in [-0.25, -0.2) is 0 Å². The molecule has 0 bridgehead atoms. The number of rotatable bonds is 10. The summed E-state index contributed by atoms with van der Waals surface area (Å²) in [5, 5.41) is 0. The van der Waals surface area contributed by atoms with Crippen LogP contribution in [0.2, 0.25) is 0 Å². The molecule has 0 radical (unpaired) electrons. The molecule has 0 atom stereocenters. The lowest BCUT2D eigenvalue weighted by molar-refractivity contribution is -0.199. The van der Waals surface area contributed by atoms with Crippen LogP contribution in [0.5, 0.6) is 0 Å². The Kier molecular flexibility index (Phi) is 8.12. The molecule has 29 heavy (non-hydrogen) atoms. The van der Waals surface area contributed by atoms with Gasteiger partial charge in [-0.15, -0.1) is 0 Å². The van der Waals surface area contributed by atoms with Gasteiger partial charge in [0.05, 0.1) is 6.42 Å². The molecular formula is C25H34O4. The zero-order chi connectivity index (χ0) is 21.5. The Morgan fingerprint density at radius 2 is 1.72 bits per heavy atom. The van der Waals surface area contributed by atoms with Crippen LogP contribution in [0, 0.1) is 5.41 Å². The Hall–Kier alpha value is -2.04. The fourth-order valence-electron chi connectivity index (χ4n) is 4.11. The maximum absolute atomic E-state index is 13.2. The summed E-state index contributed by atoms with van der Waals surface area (Å²) in [7, 11) is 0. The molecule has 0 N–H and O–H groups in total. The van der Waals surface area contributed by atoms with Crippen molar-refractivity contribution in [3.05, 3.63) is 59.2 Å². The highest BCUT2D eigenvalue weighted by atomic mass is 16.7. The van der Waals surface area contributed by atoms with Crippen LogP contribution in [0.4, 0.5) is 0 Å². The maximum Gasteiger partial charge on any atom is 0.241 e. The van der Waals surface area contributed by atoms with E-state index >= 15 is 0 Å². The summed E-state index contributed by atoms with van der Waals surface area (Å²) in [6, 6.07) is 8.86. The van der Waals surface area contributed by atoms with Crippen molar-refractivity contribution < 1.29 is 19.1 Å². The smallest absolute Gasteiger partial charge is 0.241 e. The first-order valence-electron chi connectivity index (χ1n) is 10.5. The highest BCUT2D eigenvalue weighted by Crippen LogP contribution is 2.40. The number of benzene rings is 1. The Morgan fingerprint density at radius 1 is 1.10 bits per heavy atom. The zero-order valence-corrected chi connectivity index (χ0v) is 18.4. The van der Waals surface area contributed by atoms with Crippen LogP contribution in [0.15, 0.2) is 53.6 Å². The minimum atomic E-state index is -1.60. The van der Waals surface area contributed by atoms with Crippen molar-refractivity contribution in [2.45, 2.75) is 66.1 Å². The van der Waals surface area contributed by atoms with Crippen LogP contribution in [0.25, 0.3) is 0 Å². The molecule has 0 saturated carbocycles. The average Bonchev–Trinajstić information content (AvgIpc) is 2.67. The summed E-state index contributed by atoms with van der Waals surface area (Å²) in [5.41, 5.74) is 3.06. The molecule has 0 saturated heterocycles. The number of carbonyl (C=O) groups excluding carboxylic acids is 2. The molecule has 0 aliphatic heterocycles. The predicted octanol–water partition coefficient (Wildman–Crippen LogP) is 5.68. The Labute approximate surface area is 175 Å². The van der Waals surface area contributed by atoms with Crippen molar-refractivity contribution in [3.63, 3.8) is 0 Å². The lowest BCUT2D eigenvalue weighted by Gasteiger charge is -2.33. The number of Topliss-reactive ketones (excluding diaryl/α,β-unsaturated/α-hetero) is 1. The molecular weight excluding hydrogens is 364 g/mol. The minimum absolute atomic E-state index is 0.0515. The van der Waals surface area contributed by atoms with E-state index in [1.54, 1.807) is 44.2 Å². The summed E-state index contributed by atoms with van der Waals surface area (Å²) in [5.74, 6) is -2.10. The monoisotopic (exact) mass is 398 g/mol. The molecule has 2 rings (SSSR count).